The minimum Gasteiger partial charge on any atom is -0.503 e. The molecule has 0 saturated heterocycles. The summed E-state index contributed by atoms with van der Waals surface area (Å²) in [7, 11) is 1.49. The van der Waals surface area contributed by atoms with Crippen LogP contribution >= 0.6 is 0 Å². The van der Waals surface area contributed by atoms with Crippen LogP contribution in [0.2, 0.25) is 0 Å². The lowest BCUT2D eigenvalue weighted by atomic mass is 10.3. The Labute approximate surface area is 63.5 Å². The molecule has 60 valence electrons. The number of H-pyrrole nitrogens is 1. The Hall–Kier alpha value is -1.29. The summed E-state index contributed by atoms with van der Waals surface area (Å²) < 4.78 is 4.73. The summed E-state index contributed by atoms with van der Waals surface area (Å²) >= 11 is 0. The molecule has 1 rings (SSSR count). The normalized spacial score (nSPS) is 9.91. The van der Waals surface area contributed by atoms with E-state index >= 15 is 0 Å². The fourth-order valence-corrected chi connectivity index (χ4v) is 0.768. The zero-order valence-corrected chi connectivity index (χ0v) is 6.13. The van der Waals surface area contributed by atoms with Crippen LogP contribution in [0.25, 0.3) is 0 Å². The largest absolute Gasteiger partial charge is 0.503 e. The minimum absolute atomic E-state index is 0.210. The first-order valence-corrected chi connectivity index (χ1v) is 3.14. The van der Waals surface area contributed by atoms with Gasteiger partial charge in [0.25, 0.3) is 0 Å². The van der Waals surface area contributed by atoms with Crippen molar-refractivity contribution >= 4 is 0 Å². The van der Waals surface area contributed by atoms with Gasteiger partial charge < -0.3 is 14.8 Å². The van der Waals surface area contributed by atoms with Gasteiger partial charge in [-0.1, -0.05) is 0 Å². The van der Waals surface area contributed by atoms with Gasteiger partial charge in [0.1, 0.15) is 0 Å². The predicted octanol–water partition coefficient (Wildman–Crippen LogP) is 0.227. The summed E-state index contributed by atoms with van der Waals surface area (Å²) in [6.45, 7) is 0.210. The fourth-order valence-electron chi connectivity index (χ4n) is 0.768. The highest BCUT2D eigenvalue weighted by Crippen LogP contribution is 2.06. The third kappa shape index (κ3) is 1.59. The molecular formula is C7H9NO3. The lowest BCUT2D eigenvalue weighted by molar-refractivity contribution is 0.178. The molecule has 0 aliphatic carbocycles. The first-order chi connectivity index (χ1) is 5.25. The highest BCUT2D eigenvalue weighted by Gasteiger charge is 2.02. The van der Waals surface area contributed by atoms with Gasteiger partial charge in [0, 0.05) is 19.4 Å². The Morgan fingerprint density at radius 1 is 1.73 bits per heavy atom. The van der Waals surface area contributed by atoms with Crippen LogP contribution in [0.15, 0.2) is 17.1 Å². The average molecular weight is 155 g/mol. The second-order valence-electron chi connectivity index (χ2n) is 2.10. The van der Waals surface area contributed by atoms with Crippen molar-refractivity contribution in [2.45, 2.75) is 6.61 Å². The molecule has 2 N–H and O–H groups in total. The number of hydrogen-bond acceptors (Lipinski definition) is 3. The molecule has 0 unspecified atom stereocenters. The van der Waals surface area contributed by atoms with Crippen molar-refractivity contribution in [2.24, 2.45) is 0 Å². The van der Waals surface area contributed by atoms with Gasteiger partial charge in [-0.2, -0.15) is 0 Å². The van der Waals surface area contributed by atoms with Crippen LogP contribution < -0.4 is 5.43 Å². The maximum atomic E-state index is 10.8. The molecule has 11 heavy (non-hydrogen) atoms. The second-order valence-corrected chi connectivity index (χ2v) is 2.10. The van der Waals surface area contributed by atoms with E-state index in [9.17, 15) is 4.79 Å². The van der Waals surface area contributed by atoms with E-state index in [0.717, 1.165) is 0 Å². The predicted molar refractivity (Wildman–Crippen MR) is 39.4 cm³/mol. The summed E-state index contributed by atoms with van der Waals surface area (Å²) in [6, 6.07) is 1.26. The number of aromatic amines is 1. The number of aromatic hydroxyl groups is 1. The number of rotatable bonds is 2. The quantitative estimate of drug-likeness (QED) is 0.642. The number of methoxy groups -OCH3 is 1. The Bertz CT molecular complexity index is 292. The van der Waals surface area contributed by atoms with Crippen LogP contribution in [-0.2, 0) is 11.3 Å². The van der Waals surface area contributed by atoms with Gasteiger partial charge in [-0.15, -0.1) is 0 Å². The highest BCUT2D eigenvalue weighted by atomic mass is 16.5. The Morgan fingerprint density at radius 2 is 2.45 bits per heavy atom. The number of ether oxygens (including phenoxy) is 1. The molecule has 0 aromatic carbocycles. The molecule has 0 saturated carbocycles. The van der Waals surface area contributed by atoms with E-state index in [1.165, 1.54) is 19.4 Å². The maximum Gasteiger partial charge on any atom is 0.223 e. The van der Waals surface area contributed by atoms with Crippen molar-refractivity contribution in [3.63, 3.8) is 0 Å². The lowest BCUT2D eigenvalue weighted by Crippen LogP contribution is -2.04. The molecule has 0 spiro atoms. The van der Waals surface area contributed by atoms with Gasteiger partial charge in [-0.25, -0.2) is 0 Å². The number of hydrogen-bond donors (Lipinski definition) is 2. The van der Waals surface area contributed by atoms with Crippen LogP contribution in [-0.4, -0.2) is 17.2 Å². The zero-order valence-electron chi connectivity index (χ0n) is 6.13. The zero-order chi connectivity index (χ0) is 8.27. The van der Waals surface area contributed by atoms with E-state index in [-0.39, 0.29) is 12.4 Å². The number of pyridine rings is 1. The van der Waals surface area contributed by atoms with Gasteiger partial charge in [-0.05, 0) is 0 Å². The molecule has 0 aliphatic rings. The molecule has 1 aromatic rings. The van der Waals surface area contributed by atoms with Gasteiger partial charge in [0.15, 0.2) is 5.75 Å². The summed E-state index contributed by atoms with van der Waals surface area (Å²) in [4.78, 5) is 13.5. The van der Waals surface area contributed by atoms with E-state index in [1.807, 2.05) is 0 Å². The van der Waals surface area contributed by atoms with Crippen molar-refractivity contribution in [1.29, 1.82) is 0 Å². The van der Waals surface area contributed by atoms with E-state index in [2.05, 4.69) is 4.98 Å². The molecule has 1 aromatic heterocycles. The standard InChI is InChI=1S/C7H9NO3/c1-11-4-5-7(10)6(9)2-3-8-5/h2-3,10H,4H2,1H3,(H,8,9). The lowest BCUT2D eigenvalue weighted by Gasteiger charge is -2.00. The molecule has 4 heteroatoms. The summed E-state index contributed by atoms with van der Waals surface area (Å²) in [5, 5.41) is 9.10. The van der Waals surface area contributed by atoms with Crippen molar-refractivity contribution in [1.82, 2.24) is 4.98 Å². The van der Waals surface area contributed by atoms with Gasteiger partial charge in [0.2, 0.25) is 5.43 Å². The van der Waals surface area contributed by atoms with Crippen molar-refractivity contribution in [3.05, 3.63) is 28.2 Å². The van der Waals surface area contributed by atoms with E-state index in [1.54, 1.807) is 0 Å². The first kappa shape index (κ1) is 7.81. The maximum absolute atomic E-state index is 10.8. The van der Waals surface area contributed by atoms with Crippen LogP contribution in [0.4, 0.5) is 0 Å². The minimum atomic E-state index is -0.393. The first-order valence-electron chi connectivity index (χ1n) is 3.14. The third-order valence-electron chi connectivity index (χ3n) is 1.30. The van der Waals surface area contributed by atoms with Crippen LogP contribution in [0.1, 0.15) is 5.69 Å². The molecule has 0 bridgehead atoms. The molecule has 0 fully saturated rings. The van der Waals surface area contributed by atoms with Crippen molar-refractivity contribution < 1.29 is 9.84 Å². The average Bonchev–Trinajstić information content (AvgIpc) is 1.99. The molecule has 0 aliphatic heterocycles. The van der Waals surface area contributed by atoms with Crippen LogP contribution in [0.3, 0.4) is 0 Å². The van der Waals surface area contributed by atoms with Gasteiger partial charge >= 0.3 is 0 Å². The third-order valence-corrected chi connectivity index (χ3v) is 1.30. The SMILES string of the molecule is COCc1[nH]ccc(=O)c1O. The highest BCUT2D eigenvalue weighted by molar-refractivity contribution is 5.24. The summed E-state index contributed by atoms with van der Waals surface area (Å²) in [5.41, 5.74) is 0.0100. The molecule has 0 amide bonds. The van der Waals surface area contributed by atoms with Crippen LogP contribution in [0.5, 0.6) is 5.75 Å². The Balaban J connectivity index is 3.06. The Kier molecular flexibility index (Phi) is 2.28. The van der Waals surface area contributed by atoms with Crippen molar-refractivity contribution in [2.75, 3.05) is 7.11 Å². The Morgan fingerprint density at radius 3 is 3.09 bits per heavy atom. The summed E-state index contributed by atoms with van der Waals surface area (Å²) in [6.07, 6.45) is 1.47. The monoisotopic (exact) mass is 155 g/mol. The fraction of sp³-hybridized carbons (Fsp3) is 0.286. The van der Waals surface area contributed by atoms with Gasteiger partial charge in [-0.3, -0.25) is 4.79 Å². The number of nitrogens with one attached hydrogen (secondary N) is 1. The second kappa shape index (κ2) is 3.21. The molecule has 4 nitrogen and oxygen atoms in total. The molecule has 0 radical (unpaired) electrons. The van der Waals surface area contributed by atoms with E-state index in [0.29, 0.717) is 5.69 Å². The smallest absolute Gasteiger partial charge is 0.223 e. The number of aromatic nitrogens is 1. The van der Waals surface area contributed by atoms with Crippen LogP contribution in [0, 0.1) is 0 Å². The summed E-state index contributed by atoms with van der Waals surface area (Å²) in [5.74, 6) is -0.269. The molecule has 0 atom stereocenters. The topological polar surface area (TPSA) is 62.3 Å². The van der Waals surface area contributed by atoms with E-state index in [4.69, 9.17) is 9.84 Å². The molecule has 1 heterocycles. The van der Waals surface area contributed by atoms with E-state index < -0.39 is 5.43 Å². The molecular weight excluding hydrogens is 146 g/mol. The van der Waals surface area contributed by atoms with Crippen molar-refractivity contribution in [3.8, 4) is 5.75 Å². The van der Waals surface area contributed by atoms with Gasteiger partial charge in [0.05, 0.1) is 12.3 Å².